The number of guanidine groups is 1. The first-order valence-electron chi connectivity index (χ1n) is 4.04. The molecule has 5 nitrogen and oxygen atoms in total. The fourth-order valence-corrected chi connectivity index (χ4v) is 1.09. The predicted octanol–water partition coefficient (Wildman–Crippen LogP) is -0.514. The number of hydrogen-bond donors (Lipinski definition) is 3. The Morgan fingerprint density at radius 1 is 1.14 bits per heavy atom. The number of amides is 1. The Labute approximate surface area is 81.6 Å². The van der Waals surface area contributed by atoms with Crippen LogP contribution in [0.1, 0.15) is 11.6 Å². The summed E-state index contributed by atoms with van der Waals surface area (Å²) < 4.78 is 0. The van der Waals surface area contributed by atoms with Crippen LogP contribution < -0.4 is 17.2 Å². The molecule has 14 heavy (non-hydrogen) atoms. The predicted molar refractivity (Wildman–Crippen MR) is 54.2 cm³/mol. The third-order valence-electron chi connectivity index (χ3n) is 1.66. The largest absolute Gasteiger partial charge is 0.370 e. The van der Waals surface area contributed by atoms with Crippen molar-refractivity contribution in [1.82, 2.24) is 0 Å². The maximum Gasteiger partial charge on any atom is 0.246 e. The third kappa shape index (κ3) is 2.48. The molecule has 0 aliphatic rings. The van der Waals surface area contributed by atoms with Gasteiger partial charge in [0.15, 0.2) is 12.0 Å². The van der Waals surface area contributed by atoms with Crippen LogP contribution in [0.2, 0.25) is 0 Å². The highest BCUT2D eigenvalue weighted by atomic mass is 16.1. The zero-order valence-electron chi connectivity index (χ0n) is 7.55. The fourth-order valence-electron chi connectivity index (χ4n) is 1.09. The standard InChI is InChI=1S/C9H12N4O/c10-8(14)7(13-9(11)12)6-4-2-1-3-5-6/h1-5,7H,(H2,10,14)(H4,11,12,13). The lowest BCUT2D eigenvalue weighted by Crippen LogP contribution is -2.28. The maximum atomic E-state index is 11.0. The topological polar surface area (TPSA) is 107 Å². The molecule has 0 radical (unpaired) electrons. The summed E-state index contributed by atoms with van der Waals surface area (Å²) in [6, 6.07) is 8.07. The molecule has 1 amide bonds. The van der Waals surface area contributed by atoms with E-state index in [0.717, 1.165) is 0 Å². The van der Waals surface area contributed by atoms with E-state index in [9.17, 15) is 4.79 Å². The fraction of sp³-hybridized carbons (Fsp3) is 0.111. The van der Waals surface area contributed by atoms with Gasteiger partial charge < -0.3 is 17.2 Å². The van der Waals surface area contributed by atoms with Crippen molar-refractivity contribution >= 4 is 11.9 Å². The highest BCUT2D eigenvalue weighted by molar-refractivity contribution is 5.85. The van der Waals surface area contributed by atoms with Gasteiger partial charge in [0.2, 0.25) is 5.91 Å². The lowest BCUT2D eigenvalue weighted by molar-refractivity contribution is -0.119. The van der Waals surface area contributed by atoms with E-state index in [1.165, 1.54) is 0 Å². The summed E-state index contributed by atoms with van der Waals surface area (Å²) in [7, 11) is 0. The Morgan fingerprint density at radius 2 is 1.71 bits per heavy atom. The first kappa shape index (κ1) is 10.0. The molecule has 5 heteroatoms. The normalized spacial score (nSPS) is 11.7. The van der Waals surface area contributed by atoms with Crippen LogP contribution in [0.25, 0.3) is 0 Å². The lowest BCUT2D eigenvalue weighted by atomic mass is 10.1. The Morgan fingerprint density at radius 3 is 2.14 bits per heavy atom. The molecule has 1 aromatic carbocycles. The van der Waals surface area contributed by atoms with Gasteiger partial charge in [-0.2, -0.15) is 0 Å². The van der Waals surface area contributed by atoms with Gasteiger partial charge in [-0.05, 0) is 5.56 Å². The third-order valence-corrected chi connectivity index (χ3v) is 1.66. The second-order valence-electron chi connectivity index (χ2n) is 2.77. The molecular weight excluding hydrogens is 180 g/mol. The van der Waals surface area contributed by atoms with Crippen LogP contribution in [-0.2, 0) is 4.79 Å². The number of carbonyl (C=O) groups excluding carboxylic acids is 1. The SMILES string of the molecule is NC(=O)C(N=C(N)N)c1ccccc1. The van der Waals surface area contributed by atoms with Gasteiger partial charge in [-0.1, -0.05) is 30.3 Å². The molecule has 6 N–H and O–H groups in total. The summed E-state index contributed by atoms with van der Waals surface area (Å²) in [5.74, 6) is -0.734. The molecular formula is C9H12N4O. The van der Waals surface area contributed by atoms with E-state index in [0.29, 0.717) is 5.56 Å². The molecule has 1 unspecified atom stereocenters. The van der Waals surface area contributed by atoms with Crippen molar-refractivity contribution in [3.05, 3.63) is 35.9 Å². The minimum Gasteiger partial charge on any atom is -0.370 e. The molecule has 1 atom stereocenters. The smallest absolute Gasteiger partial charge is 0.246 e. The van der Waals surface area contributed by atoms with Gasteiger partial charge in [-0.3, -0.25) is 4.79 Å². The number of primary amides is 1. The van der Waals surface area contributed by atoms with Crippen molar-refractivity contribution in [2.75, 3.05) is 0 Å². The zero-order chi connectivity index (χ0) is 10.6. The Kier molecular flexibility index (Phi) is 3.06. The minimum atomic E-state index is -0.804. The molecule has 74 valence electrons. The van der Waals surface area contributed by atoms with Crippen LogP contribution in [0.3, 0.4) is 0 Å². The van der Waals surface area contributed by atoms with Crippen LogP contribution in [0, 0.1) is 0 Å². The van der Waals surface area contributed by atoms with Gasteiger partial charge in [-0.15, -0.1) is 0 Å². The van der Waals surface area contributed by atoms with Crippen molar-refractivity contribution in [1.29, 1.82) is 0 Å². The second-order valence-corrected chi connectivity index (χ2v) is 2.77. The summed E-state index contributed by atoms with van der Waals surface area (Å²) in [5, 5.41) is 0. The van der Waals surface area contributed by atoms with Gasteiger partial charge in [0.25, 0.3) is 0 Å². The molecule has 1 rings (SSSR count). The molecule has 0 aliphatic heterocycles. The Bertz CT molecular complexity index is 343. The van der Waals surface area contributed by atoms with E-state index in [-0.39, 0.29) is 5.96 Å². The van der Waals surface area contributed by atoms with Crippen molar-refractivity contribution < 1.29 is 4.79 Å². The molecule has 0 fully saturated rings. The highest BCUT2D eigenvalue weighted by Crippen LogP contribution is 2.15. The van der Waals surface area contributed by atoms with E-state index in [4.69, 9.17) is 17.2 Å². The van der Waals surface area contributed by atoms with E-state index >= 15 is 0 Å². The molecule has 0 saturated heterocycles. The van der Waals surface area contributed by atoms with Crippen LogP contribution in [0.5, 0.6) is 0 Å². The average molecular weight is 192 g/mol. The molecule has 0 spiro atoms. The van der Waals surface area contributed by atoms with E-state index in [1.807, 2.05) is 6.07 Å². The van der Waals surface area contributed by atoms with Crippen molar-refractivity contribution in [2.45, 2.75) is 6.04 Å². The van der Waals surface area contributed by atoms with Crippen LogP contribution in [-0.4, -0.2) is 11.9 Å². The average Bonchev–Trinajstić information content (AvgIpc) is 2.15. The Hall–Kier alpha value is -2.04. The van der Waals surface area contributed by atoms with Crippen molar-refractivity contribution in [3.8, 4) is 0 Å². The van der Waals surface area contributed by atoms with E-state index in [2.05, 4.69) is 4.99 Å². The molecule has 0 heterocycles. The Balaban J connectivity index is 3.01. The summed E-state index contributed by atoms with van der Waals surface area (Å²) in [5.41, 5.74) is 16.2. The first-order chi connectivity index (χ1) is 6.61. The van der Waals surface area contributed by atoms with Gasteiger partial charge in [0.05, 0.1) is 0 Å². The van der Waals surface area contributed by atoms with Crippen molar-refractivity contribution in [3.63, 3.8) is 0 Å². The summed E-state index contributed by atoms with van der Waals surface area (Å²) in [6.07, 6.45) is 0. The minimum absolute atomic E-state index is 0.155. The number of nitrogens with zero attached hydrogens (tertiary/aromatic N) is 1. The molecule has 0 aromatic heterocycles. The molecule has 0 saturated carbocycles. The lowest BCUT2D eigenvalue weighted by Gasteiger charge is -2.08. The highest BCUT2D eigenvalue weighted by Gasteiger charge is 2.15. The van der Waals surface area contributed by atoms with Gasteiger partial charge in [-0.25, -0.2) is 4.99 Å². The summed E-state index contributed by atoms with van der Waals surface area (Å²) in [4.78, 5) is 14.8. The van der Waals surface area contributed by atoms with Crippen LogP contribution in [0.4, 0.5) is 0 Å². The number of rotatable bonds is 3. The second kappa shape index (κ2) is 4.27. The summed E-state index contributed by atoms with van der Waals surface area (Å²) in [6.45, 7) is 0. The number of carbonyl (C=O) groups is 1. The zero-order valence-corrected chi connectivity index (χ0v) is 7.55. The number of aliphatic imine (C=N–C) groups is 1. The van der Waals surface area contributed by atoms with Gasteiger partial charge in [0, 0.05) is 0 Å². The van der Waals surface area contributed by atoms with E-state index in [1.54, 1.807) is 24.3 Å². The quantitative estimate of drug-likeness (QED) is 0.443. The van der Waals surface area contributed by atoms with Crippen molar-refractivity contribution in [2.24, 2.45) is 22.2 Å². The number of nitrogens with two attached hydrogens (primary N) is 3. The number of benzene rings is 1. The summed E-state index contributed by atoms with van der Waals surface area (Å²) >= 11 is 0. The molecule has 0 bridgehead atoms. The monoisotopic (exact) mass is 192 g/mol. The number of hydrogen-bond acceptors (Lipinski definition) is 2. The van der Waals surface area contributed by atoms with Gasteiger partial charge in [0.1, 0.15) is 0 Å². The molecule has 0 aliphatic carbocycles. The molecule has 1 aromatic rings. The van der Waals surface area contributed by atoms with Crippen LogP contribution >= 0.6 is 0 Å². The van der Waals surface area contributed by atoms with E-state index < -0.39 is 11.9 Å². The first-order valence-corrected chi connectivity index (χ1v) is 4.04. The van der Waals surface area contributed by atoms with Crippen LogP contribution in [0.15, 0.2) is 35.3 Å². The van der Waals surface area contributed by atoms with Gasteiger partial charge >= 0.3 is 0 Å². The maximum absolute atomic E-state index is 11.0.